The summed E-state index contributed by atoms with van der Waals surface area (Å²) in [6.07, 6.45) is 1.84. The van der Waals surface area contributed by atoms with Crippen molar-refractivity contribution >= 4 is 62.3 Å². The molecule has 0 heterocycles. The average Bonchev–Trinajstić information content (AvgIpc) is 3.04. The quantitative estimate of drug-likeness (QED) is 0.140. The van der Waals surface area contributed by atoms with Crippen molar-refractivity contribution in [2.75, 3.05) is 17.4 Å². The molecule has 0 aliphatic heterocycles. The van der Waals surface area contributed by atoms with Crippen LogP contribution in [0.4, 0.5) is 5.69 Å². The average molecular weight is 687 g/mol. The third-order valence-corrected chi connectivity index (χ3v) is 10.0. The smallest absolute Gasteiger partial charge is 0.264 e. The van der Waals surface area contributed by atoms with Gasteiger partial charge in [0.05, 0.1) is 25.7 Å². The standard InChI is InChI=1S/C34H34Cl3N3O4S/c1-2-3-20-38-34(42)32(22-25-12-6-4-7-13-25)39(23-26-18-19-28(35)30(37)21-26)33(41)24-40(31-17-11-10-16-29(31)36)45(43,44)27-14-8-5-9-15-27/h4-19,21,32H,2-3,20,22-24H2,1H3,(H,38,42). The predicted molar refractivity (Wildman–Crippen MR) is 181 cm³/mol. The maximum Gasteiger partial charge on any atom is 0.264 e. The lowest BCUT2D eigenvalue weighted by molar-refractivity contribution is -0.140. The highest BCUT2D eigenvalue weighted by Crippen LogP contribution is 2.31. The van der Waals surface area contributed by atoms with E-state index in [4.69, 9.17) is 34.8 Å². The number of hydrogen-bond donors (Lipinski definition) is 1. The normalized spacial score (nSPS) is 11.9. The number of halogens is 3. The number of para-hydroxylation sites is 1. The van der Waals surface area contributed by atoms with Crippen molar-refractivity contribution in [3.63, 3.8) is 0 Å². The van der Waals surface area contributed by atoms with Gasteiger partial charge in [-0.2, -0.15) is 0 Å². The Kier molecular flexibility index (Phi) is 12.3. The van der Waals surface area contributed by atoms with E-state index >= 15 is 0 Å². The van der Waals surface area contributed by atoms with E-state index in [1.54, 1.807) is 54.6 Å². The number of unbranched alkanes of at least 4 members (excludes halogenated alkanes) is 1. The van der Waals surface area contributed by atoms with Gasteiger partial charge >= 0.3 is 0 Å². The van der Waals surface area contributed by atoms with Gasteiger partial charge in [0.25, 0.3) is 10.0 Å². The number of anilines is 1. The first kappa shape index (κ1) is 34.3. The number of nitrogens with zero attached hydrogens (tertiary/aromatic N) is 2. The molecule has 0 bridgehead atoms. The lowest BCUT2D eigenvalue weighted by Gasteiger charge is -2.34. The van der Waals surface area contributed by atoms with Gasteiger partial charge in [0.2, 0.25) is 11.8 Å². The van der Waals surface area contributed by atoms with Crippen LogP contribution in [0.5, 0.6) is 0 Å². The Balaban J connectivity index is 1.80. The first-order valence-electron chi connectivity index (χ1n) is 14.5. The number of hydrogen-bond acceptors (Lipinski definition) is 4. The Labute approximate surface area is 279 Å². The Morgan fingerprint density at radius 3 is 2.07 bits per heavy atom. The molecule has 0 aliphatic rings. The lowest BCUT2D eigenvalue weighted by Crippen LogP contribution is -2.53. The summed E-state index contributed by atoms with van der Waals surface area (Å²) in [5, 5.41) is 3.75. The second-order valence-corrected chi connectivity index (χ2v) is 13.5. The highest BCUT2D eigenvalue weighted by atomic mass is 35.5. The van der Waals surface area contributed by atoms with Gasteiger partial charge in [-0.3, -0.25) is 13.9 Å². The maximum atomic E-state index is 14.5. The molecule has 0 saturated carbocycles. The molecular formula is C34H34Cl3N3O4S. The molecule has 0 aromatic heterocycles. The highest BCUT2D eigenvalue weighted by molar-refractivity contribution is 7.92. The molecule has 4 aromatic carbocycles. The number of nitrogens with one attached hydrogen (secondary N) is 1. The van der Waals surface area contributed by atoms with Crippen LogP contribution in [0.25, 0.3) is 0 Å². The van der Waals surface area contributed by atoms with E-state index in [1.165, 1.54) is 23.1 Å². The topological polar surface area (TPSA) is 86.8 Å². The molecule has 11 heteroatoms. The van der Waals surface area contributed by atoms with E-state index in [9.17, 15) is 18.0 Å². The highest BCUT2D eigenvalue weighted by Gasteiger charge is 2.35. The van der Waals surface area contributed by atoms with Gasteiger partial charge in [-0.15, -0.1) is 0 Å². The number of carbonyl (C=O) groups excluding carboxylic acids is 2. The van der Waals surface area contributed by atoms with Gasteiger partial charge < -0.3 is 10.2 Å². The van der Waals surface area contributed by atoms with Crippen LogP contribution < -0.4 is 9.62 Å². The van der Waals surface area contributed by atoms with Crippen LogP contribution in [-0.4, -0.2) is 44.3 Å². The third kappa shape index (κ3) is 9.01. The van der Waals surface area contributed by atoms with Gasteiger partial charge in [-0.1, -0.05) is 115 Å². The fraction of sp³-hybridized carbons (Fsp3) is 0.235. The van der Waals surface area contributed by atoms with Gasteiger partial charge in [0.15, 0.2) is 0 Å². The molecule has 4 aromatic rings. The van der Waals surface area contributed by atoms with E-state index in [2.05, 4.69) is 5.32 Å². The van der Waals surface area contributed by atoms with Crippen LogP contribution in [0, 0.1) is 0 Å². The molecule has 1 atom stereocenters. The summed E-state index contributed by atoms with van der Waals surface area (Å²) < 4.78 is 29.1. The molecule has 0 radical (unpaired) electrons. The minimum Gasteiger partial charge on any atom is -0.354 e. The van der Waals surface area contributed by atoms with E-state index < -0.39 is 28.5 Å². The van der Waals surface area contributed by atoms with Crippen molar-refractivity contribution in [3.8, 4) is 0 Å². The summed E-state index contributed by atoms with van der Waals surface area (Å²) in [7, 11) is -4.25. The molecular weight excluding hydrogens is 653 g/mol. The number of rotatable bonds is 14. The van der Waals surface area contributed by atoms with E-state index in [0.29, 0.717) is 17.1 Å². The van der Waals surface area contributed by atoms with Crippen LogP contribution >= 0.6 is 34.8 Å². The largest absolute Gasteiger partial charge is 0.354 e. The zero-order valence-electron chi connectivity index (χ0n) is 24.7. The number of benzene rings is 4. The van der Waals surface area contributed by atoms with Gasteiger partial charge in [0.1, 0.15) is 12.6 Å². The molecule has 1 N–H and O–H groups in total. The zero-order valence-corrected chi connectivity index (χ0v) is 27.8. The molecule has 236 valence electrons. The first-order chi connectivity index (χ1) is 21.6. The van der Waals surface area contributed by atoms with Gasteiger partial charge in [0, 0.05) is 19.5 Å². The summed E-state index contributed by atoms with van der Waals surface area (Å²) in [6.45, 7) is 1.81. The molecule has 0 fully saturated rings. The fourth-order valence-corrected chi connectivity index (χ4v) is 6.84. The van der Waals surface area contributed by atoms with Crippen molar-refractivity contribution in [2.24, 2.45) is 0 Å². The van der Waals surface area contributed by atoms with Crippen molar-refractivity contribution < 1.29 is 18.0 Å². The summed E-state index contributed by atoms with van der Waals surface area (Å²) in [6, 6.07) is 27.6. The van der Waals surface area contributed by atoms with Crippen LogP contribution in [0.3, 0.4) is 0 Å². The van der Waals surface area contributed by atoms with Crippen LogP contribution in [-0.2, 0) is 32.6 Å². The summed E-state index contributed by atoms with van der Waals surface area (Å²) in [5.41, 5.74) is 1.59. The van der Waals surface area contributed by atoms with Crippen molar-refractivity contribution in [2.45, 2.75) is 43.7 Å². The lowest BCUT2D eigenvalue weighted by atomic mass is 10.0. The molecule has 0 spiro atoms. The van der Waals surface area contributed by atoms with Crippen LogP contribution in [0.15, 0.2) is 108 Å². The Bertz CT molecular complexity index is 1710. The van der Waals surface area contributed by atoms with Crippen LogP contribution in [0.2, 0.25) is 15.1 Å². The van der Waals surface area contributed by atoms with Gasteiger partial charge in [-0.05, 0) is 53.9 Å². The monoisotopic (exact) mass is 685 g/mol. The summed E-state index contributed by atoms with van der Waals surface area (Å²) in [4.78, 5) is 29.7. The maximum absolute atomic E-state index is 14.5. The third-order valence-electron chi connectivity index (χ3n) is 7.17. The first-order valence-corrected chi connectivity index (χ1v) is 17.1. The SMILES string of the molecule is CCCCNC(=O)C(Cc1ccccc1)N(Cc1ccc(Cl)c(Cl)c1)C(=O)CN(c1ccccc1Cl)S(=O)(=O)c1ccccc1. The second kappa shape index (κ2) is 16.1. The minimum absolute atomic E-state index is 0.00750. The predicted octanol–water partition coefficient (Wildman–Crippen LogP) is 7.40. The molecule has 0 saturated heterocycles. The van der Waals surface area contributed by atoms with Crippen molar-refractivity contribution in [3.05, 3.63) is 129 Å². The Morgan fingerprint density at radius 1 is 0.778 bits per heavy atom. The fourth-order valence-electron chi connectivity index (χ4n) is 4.78. The second-order valence-electron chi connectivity index (χ2n) is 10.4. The van der Waals surface area contributed by atoms with E-state index in [0.717, 1.165) is 22.7 Å². The van der Waals surface area contributed by atoms with E-state index in [1.807, 2.05) is 37.3 Å². The molecule has 2 amide bonds. The van der Waals surface area contributed by atoms with Crippen molar-refractivity contribution in [1.29, 1.82) is 0 Å². The summed E-state index contributed by atoms with van der Waals surface area (Å²) in [5.74, 6) is -0.956. The number of carbonyl (C=O) groups is 2. The minimum atomic E-state index is -4.25. The van der Waals surface area contributed by atoms with Crippen molar-refractivity contribution in [1.82, 2.24) is 10.2 Å². The molecule has 0 aliphatic carbocycles. The Morgan fingerprint density at radius 2 is 1.42 bits per heavy atom. The zero-order chi connectivity index (χ0) is 32.4. The molecule has 1 unspecified atom stereocenters. The van der Waals surface area contributed by atoms with E-state index in [-0.39, 0.29) is 39.5 Å². The van der Waals surface area contributed by atoms with Gasteiger partial charge in [-0.25, -0.2) is 8.42 Å². The number of amides is 2. The molecule has 7 nitrogen and oxygen atoms in total. The Hall–Kier alpha value is -3.56. The molecule has 4 rings (SSSR count). The number of sulfonamides is 1. The van der Waals surface area contributed by atoms with Crippen LogP contribution in [0.1, 0.15) is 30.9 Å². The molecule has 45 heavy (non-hydrogen) atoms. The summed E-state index contributed by atoms with van der Waals surface area (Å²) >= 11 is 19.0.